The van der Waals surface area contributed by atoms with Gasteiger partial charge in [-0.2, -0.15) is 5.10 Å². The van der Waals surface area contributed by atoms with E-state index >= 15 is 0 Å². The Bertz CT molecular complexity index is 838. The van der Waals surface area contributed by atoms with Crippen molar-refractivity contribution in [3.05, 3.63) is 42.1 Å². The van der Waals surface area contributed by atoms with E-state index in [-0.39, 0.29) is 30.4 Å². The van der Waals surface area contributed by atoms with Crippen molar-refractivity contribution >= 4 is 28.6 Å². The molecule has 0 fully saturated rings. The van der Waals surface area contributed by atoms with Crippen LogP contribution in [0.25, 0.3) is 10.9 Å². The quantitative estimate of drug-likeness (QED) is 0.303. The first-order valence-electron chi connectivity index (χ1n) is 8.41. The Balaban J connectivity index is 2.14. The molecule has 1 aromatic heterocycles. The minimum atomic E-state index is -1.06. The molecule has 0 saturated carbocycles. The molecular formula is C19H22N2O5. The number of carboxylic acid groups (broad SMARTS) is 1. The molecule has 0 unspecified atom stereocenters. The number of aromatic nitrogens is 2. The van der Waals surface area contributed by atoms with Gasteiger partial charge in [-0.3, -0.25) is 19.1 Å². The standard InChI is InChI=1S/C19H22N2O5/c1-3-4-5-6-9-26-18(25)11-14-7-8-15-16(10-14)21(12-17(23)24)20-19(15)13(2)22/h3,7-8,10H,1,4-6,9,11-12H2,2H3,(H,23,24). The molecule has 7 nitrogen and oxygen atoms in total. The molecule has 1 N–H and O–H groups in total. The summed E-state index contributed by atoms with van der Waals surface area (Å²) in [4.78, 5) is 34.7. The highest BCUT2D eigenvalue weighted by Crippen LogP contribution is 2.21. The molecule has 138 valence electrons. The predicted octanol–water partition coefficient (Wildman–Crippen LogP) is 2.77. The number of carbonyl (C=O) groups excluding carboxylic acids is 2. The van der Waals surface area contributed by atoms with Gasteiger partial charge < -0.3 is 9.84 Å². The number of aliphatic carboxylic acids is 1. The Labute approximate surface area is 151 Å². The van der Waals surface area contributed by atoms with Gasteiger partial charge in [0.2, 0.25) is 0 Å². The molecule has 2 aromatic rings. The number of benzene rings is 1. The van der Waals surface area contributed by atoms with Crippen molar-refractivity contribution in [1.82, 2.24) is 9.78 Å². The number of esters is 1. The van der Waals surface area contributed by atoms with Crippen LogP contribution in [0.3, 0.4) is 0 Å². The maximum absolute atomic E-state index is 11.9. The third-order valence-corrected chi connectivity index (χ3v) is 3.85. The molecule has 0 aliphatic rings. The number of ketones is 1. The second-order valence-electron chi connectivity index (χ2n) is 5.99. The monoisotopic (exact) mass is 358 g/mol. The van der Waals surface area contributed by atoms with E-state index in [4.69, 9.17) is 9.84 Å². The lowest BCUT2D eigenvalue weighted by molar-refractivity contribution is -0.143. The van der Waals surface area contributed by atoms with E-state index in [1.807, 2.05) is 6.08 Å². The Kier molecular flexibility index (Phi) is 6.66. The second kappa shape index (κ2) is 8.94. The van der Waals surface area contributed by atoms with Gasteiger partial charge in [0.15, 0.2) is 5.78 Å². The van der Waals surface area contributed by atoms with Crippen LogP contribution in [0.2, 0.25) is 0 Å². The van der Waals surface area contributed by atoms with Gasteiger partial charge in [0.1, 0.15) is 12.2 Å². The summed E-state index contributed by atoms with van der Waals surface area (Å²) in [6.07, 6.45) is 4.49. The number of ether oxygens (including phenoxy) is 1. The Morgan fingerprint density at radius 3 is 2.73 bits per heavy atom. The van der Waals surface area contributed by atoms with Crippen molar-refractivity contribution in [3.8, 4) is 0 Å². The molecular weight excluding hydrogens is 336 g/mol. The molecule has 0 aliphatic carbocycles. The van der Waals surface area contributed by atoms with Crippen LogP contribution in [0.15, 0.2) is 30.9 Å². The number of hydrogen-bond acceptors (Lipinski definition) is 5. The molecule has 7 heteroatoms. The van der Waals surface area contributed by atoms with Crippen molar-refractivity contribution in [1.29, 1.82) is 0 Å². The number of carboxylic acids is 1. The van der Waals surface area contributed by atoms with Gasteiger partial charge >= 0.3 is 11.9 Å². The first-order chi connectivity index (χ1) is 12.4. The molecule has 0 radical (unpaired) electrons. The molecule has 2 rings (SSSR count). The number of Topliss-reactive ketones (excluding diaryl/α,β-unsaturated/α-hetero) is 1. The fourth-order valence-electron chi connectivity index (χ4n) is 2.63. The number of unbranched alkanes of at least 4 members (excludes halogenated alkanes) is 2. The highest BCUT2D eigenvalue weighted by atomic mass is 16.5. The van der Waals surface area contributed by atoms with Crippen LogP contribution in [0.4, 0.5) is 0 Å². The maximum atomic E-state index is 11.9. The van der Waals surface area contributed by atoms with Gasteiger partial charge in [-0.05, 0) is 30.9 Å². The van der Waals surface area contributed by atoms with Crippen LogP contribution in [0.1, 0.15) is 42.2 Å². The third-order valence-electron chi connectivity index (χ3n) is 3.85. The molecule has 26 heavy (non-hydrogen) atoms. The van der Waals surface area contributed by atoms with Crippen molar-refractivity contribution in [2.45, 2.75) is 39.2 Å². The topological polar surface area (TPSA) is 98.5 Å². The second-order valence-corrected chi connectivity index (χ2v) is 5.99. The summed E-state index contributed by atoms with van der Waals surface area (Å²) < 4.78 is 6.46. The van der Waals surface area contributed by atoms with Crippen molar-refractivity contribution in [2.75, 3.05) is 6.61 Å². The van der Waals surface area contributed by atoms with Crippen molar-refractivity contribution in [3.63, 3.8) is 0 Å². The van der Waals surface area contributed by atoms with Crippen LogP contribution in [0.5, 0.6) is 0 Å². The van der Waals surface area contributed by atoms with Crippen LogP contribution in [-0.4, -0.2) is 39.2 Å². The molecule has 0 saturated heterocycles. The van der Waals surface area contributed by atoms with Crippen LogP contribution >= 0.6 is 0 Å². The number of hydrogen-bond donors (Lipinski definition) is 1. The smallest absolute Gasteiger partial charge is 0.325 e. The molecule has 1 aromatic carbocycles. The summed E-state index contributed by atoms with van der Waals surface area (Å²) in [7, 11) is 0. The normalized spacial score (nSPS) is 10.7. The van der Waals surface area contributed by atoms with E-state index in [1.54, 1.807) is 18.2 Å². The Morgan fingerprint density at radius 2 is 2.08 bits per heavy atom. The Hall–Kier alpha value is -2.96. The predicted molar refractivity (Wildman–Crippen MR) is 96.1 cm³/mol. The minimum Gasteiger partial charge on any atom is -0.480 e. The van der Waals surface area contributed by atoms with E-state index in [9.17, 15) is 14.4 Å². The van der Waals surface area contributed by atoms with Gasteiger partial charge in [-0.25, -0.2) is 0 Å². The number of carbonyl (C=O) groups is 3. The lowest BCUT2D eigenvalue weighted by Gasteiger charge is -2.05. The molecule has 0 atom stereocenters. The number of rotatable bonds is 10. The van der Waals surface area contributed by atoms with Gasteiger partial charge in [0.05, 0.1) is 18.5 Å². The molecule has 0 amide bonds. The first kappa shape index (κ1) is 19.4. The summed E-state index contributed by atoms with van der Waals surface area (Å²) in [6.45, 7) is 5.02. The van der Waals surface area contributed by atoms with E-state index in [2.05, 4.69) is 11.7 Å². The fourth-order valence-corrected chi connectivity index (χ4v) is 2.63. The third kappa shape index (κ3) is 5.02. The summed E-state index contributed by atoms with van der Waals surface area (Å²) in [6, 6.07) is 5.08. The van der Waals surface area contributed by atoms with Crippen LogP contribution in [-0.2, 0) is 27.3 Å². The van der Waals surface area contributed by atoms with Crippen LogP contribution in [0, 0.1) is 0 Å². The fraction of sp³-hybridized carbons (Fsp3) is 0.368. The van der Waals surface area contributed by atoms with Gasteiger partial charge in [0.25, 0.3) is 0 Å². The zero-order valence-corrected chi connectivity index (χ0v) is 14.7. The maximum Gasteiger partial charge on any atom is 0.325 e. The number of allylic oxidation sites excluding steroid dienone is 1. The highest BCUT2D eigenvalue weighted by molar-refractivity contribution is 6.05. The minimum absolute atomic E-state index is 0.0745. The zero-order valence-electron chi connectivity index (χ0n) is 14.7. The molecule has 1 heterocycles. The van der Waals surface area contributed by atoms with Gasteiger partial charge in [-0.1, -0.05) is 18.2 Å². The van der Waals surface area contributed by atoms with Crippen molar-refractivity contribution < 1.29 is 24.2 Å². The van der Waals surface area contributed by atoms with E-state index < -0.39 is 5.97 Å². The van der Waals surface area contributed by atoms with E-state index in [1.165, 1.54) is 11.6 Å². The number of fused-ring (bicyclic) bond motifs is 1. The SMILES string of the molecule is C=CCCCCOC(=O)Cc1ccc2c(C(C)=O)nn(CC(=O)O)c2c1. The summed E-state index contributed by atoms with van der Waals surface area (Å²) in [5, 5.41) is 13.7. The van der Waals surface area contributed by atoms with E-state index in [0.29, 0.717) is 23.1 Å². The number of nitrogens with zero attached hydrogens (tertiary/aromatic N) is 2. The summed E-state index contributed by atoms with van der Waals surface area (Å²) in [5.74, 6) is -1.65. The zero-order chi connectivity index (χ0) is 19.1. The van der Waals surface area contributed by atoms with Crippen LogP contribution < -0.4 is 0 Å². The highest BCUT2D eigenvalue weighted by Gasteiger charge is 2.17. The van der Waals surface area contributed by atoms with E-state index in [0.717, 1.165) is 19.3 Å². The van der Waals surface area contributed by atoms with Crippen molar-refractivity contribution in [2.24, 2.45) is 0 Å². The molecule has 0 bridgehead atoms. The van der Waals surface area contributed by atoms with Gasteiger partial charge in [-0.15, -0.1) is 6.58 Å². The van der Waals surface area contributed by atoms with Gasteiger partial charge in [0, 0.05) is 12.3 Å². The lowest BCUT2D eigenvalue weighted by Crippen LogP contribution is -2.11. The average Bonchev–Trinajstić information content (AvgIpc) is 2.92. The molecule has 0 aliphatic heterocycles. The summed E-state index contributed by atoms with van der Waals surface area (Å²) >= 11 is 0. The average molecular weight is 358 g/mol. The molecule has 0 spiro atoms. The summed E-state index contributed by atoms with van der Waals surface area (Å²) in [5.41, 5.74) is 1.40. The Morgan fingerprint density at radius 1 is 1.31 bits per heavy atom. The first-order valence-corrected chi connectivity index (χ1v) is 8.41. The largest absolute Gasteiger partial charge is 0.480 e. The lowest BCUT2D eigenvalue weighted by atomic mass is 10.1.